The van der Waals surface area contributed by atoms with Gasteiger partial charge < -0.3 is 9.47 Å². The van der Waals surface area contributed by atoms with Gasteiger partial charge in [-0.1, -0.05) is 0 Å². The molecule has 1 N–H and O–H groups in total. The number of nitrogens with one attached hydrogen (secondary N) is 1. The molecular formula is C17H14F2N2O5S. The Bertz CT molecular complexity index is 1030. The van der Waals surface area contributed by atoms with E-state index >= 15 is 0 Å². The molecule has 0 saturated carbocycles. The zero-order valence-corrected chi connectivity index (χ0v) is 15.1. The smallest absolute Gasteiger partial charge is 0.267 e. The van der Waals surface area contributed by atoms with E-state index in [4.69, 9.17) is 14.7 Å². The van der Waals surface area contributed by atoms with Crippen LogP contribution in [0, 0.1) is 23.0 Å². The molecule has 142 valence electrons. The fourth-order valence-corrected chi connectivity index (χ4v) is 2.55. The lowest BCUT2D eigenvalue weighted by Gasteiger charge is -2.12. The fraction of sp³-hybridized carbons (Fsp3) is 0.176. The predicted molar refractivity (Wildman–Crippen MR) is 90.7 cm³/mol. The van der Waals surface area contributed by atoms with Crippen molar-refractivity contribution in [2.75, 3.05) is 13.4 Å². The molecule has 1 amide bonds. The Balaban J connectivity index is 2.23. The summed E-state index contributed by atoms with van der Waals surface area (Å²) in [6, 6.07) is 7.58. The van der Waals surface area contributed by atoms with Crippen molar-refractivity contribution in [2.24, 2.45) is 0 Å². The maximum atomic E-state index is 14.2. The zero-order valence-electron chi connectivity index (χ0n) is 14.2. The molecule has 0 aliphatic rings. The van der Waals surface area contributed by atoms with Gasteiger partial charge in [0.05, 0.1) is 30.6 Å². The average molecular weight is 396 g/mol. The summed E-state index contributed by atoms with van der Waals surface area (Å²) in [5, 5.41) is 8.86. The van der Waals surface area contributed by atoms with Crippen molar-refractivity contribution < 1.29 is 31.5 Å². The molecule has 0 fully saturated rings. The third-order valence-electron chi connectivity index (χ3n) is 3.33. The van der Waals surface area contributed by atoms with Crippen LogP contribution >= 0.6 is 0 Å². The standard InChI is InChI=1S/C17H14F2N2O5S/c1-25-16-5-10(8-20)3-4-15(16)26-9-11-6-14(19)12(7-13(11)18)17(22)21-27(2,23)24/h3-7H,9H2,1-2H3,(H,21,22). The monoisotopic (exact) mass is 396 g/mol. The molecule has 0 saturated heterocycles. The van der Waals surface area contributed by atoms with Crippen LogP contribution in [0.4, 0.5) is 8.78 Å². The number of amides is 1. The van der Waals surface area contributed by atoms with Crippen molar-refractivity contribution in [2.45, 2.75) is 6.61 Å². The molecule has 0 atom stereocenters. The lowest BCUT2D eigenvalue weighted by atomic mass is 10.1. The molecule has 2 rings (SSSR count). The van der Waals surface area contributed by atoms with Crippen LogP contribution in [0.25, 0.3) is 0 Å². The maximum Gasteiger partial charge on any atom is 0.267 e. The first-order chi connectivity index (χ1) is 12.6. The van der Waals surface area contributed by atoms with Gasteiger partial charge in [-0.05, 0) is 24.3 Å². The average Bonchev–Trinajstić information content (AvgIpc) is 2.60. The number of methoxy groups -OCH3 is 1. The van der Waals surface area contributed by atoms with E-state index in [9.17, 15) is 22.0 Å². The molecular weight excluding hydrogens is 382 g/mol. The van der Waals surface area contributed by atoms with E-state index in [1.807, 2.05) is 6.07 Å². The molecule has 2 aromatic carbocycles. The highest BCUT2D eigenvalue weighted by atomic mass is 32.2. The first kappa shape index (κ1) is 20.1. The van der Waals surface area contributed by atoms with Crippen molar-refractivity contribution in [3.05, 3.63) is 58.7 Å². The minimum absolute atomic E-state index is 0.199. The molecule has 0 aliphatic carbocycles. The summed E-state index contributed by atoms with van der Waals surface area (Å²) in [4.78, 5) is 11.7. The van der Waals surface area contributed by atoms with Crippen LogP contribution in [0.2, 0.25) is 0 Å². The predicted octanol–water partition coefficient (Wildman–Crippen LogP) is 2.11. The second-order valence-corrected chi connectivity index (χ2v) is 7.14. The van der Waals surface area contributed by atoms with Crippen LogP contribution in [0.1, 0.15) is 21.5 Å². The van der Waals surface area contributed by atoms with Gasteiger partial charge in [-0.2, -0.15) is 5.26 Å². The number of nitrogens with zero attached hydrogens (tertiary/aromatic N) is 1. The van der Waals surface area contributed by atoms with Crippen LogP contribution < -0.4 is 14.2 Å². The van der Waals surface area contributed by atoms with E-state index in [1.54, 1.807) is 4.72 Å². The molecule has 0 aromatic heterocycles. The van der Waals surface area contributed by atoms with Crippen LogP contribution in [0.3, 0.4) is 0 Å². The van der Waals surface area contributed by atoms with Gasteiger partial charge in [0, 0.05) is 11.6 Å². The minimum atomic E-state index is -3.92. The summed E-state index contributed by atoms with van der Waals surface area (Å²) in [5.74, 6) is -2.91. The largest absolute Gasteiger partial charge is 0.493 e. The van der Waals surface area contributed by atoms with Crippen molar-refractivity contribution in [1.29, 1.82) is 5.26 Å². The molecule has 0 bridgehead atoms. The maximum absolute atomic E-state index is 14.2. The van der Waals surface area contributed by atoms with Gasteiger partial charge in [0.1, 0.15) is 18.2 Å². The fourth-order valence-electron chi connectivity index (χ4n) is 2.11. The van der Waals surface area contributed by atoms with Crippen LogP contribution in [-0.4, -0.2) is 27.7 Å². The third-order valence-corrected chi connectivity index (χ3v) is 3.89. The number of sulfonamides is 1. The summed E-state index contributed by atoms with van der Waals surface area (Å²) in [5.41, 5.74) is -0.620. The first-order valence-electron chi connectivity index (χ1n) is 7.35. The van der Waals surface area contributed by atoms with Crippen molar-refractivity contribution in [1.82, 2.24) is 4.72 Å². The summed E-state index contributed by atoms with van der Waals surface area (Å²) in [6.45, 7) is -0.390. The van der Waals surface area contributed by atoms with Gasteiger partial charge in [0.25, 0.3) is 5.91 Å². The van der Waals surface area contributed by atoms with Gasteiger partial charge in [0.15, 0.2) is 11.5 Å². The first-order valence-corrected chi connectivity index (χ1v) is 9.24. The summed E-state index contributed by atoms with van der Waals surface area (Å²) in [6.07, 6.45) is 0.715. The van der Waals surface area contributed by atoms with Crippen molar-refractivity contribution >= 4 is 15.9 Å². The lowest BCUT2D eigenvalue weighted by molar-refractivity contribution is 0.0977. The minimum Gasteiger partial charge on any atom is -0.493 e. The topological polar surface area (TPSA) is 105 Å². The Labute approximate surface area is 154 Å². The van der Waals surface area contributed by atoms with Crippen LogP contribution in [0.15, 0.2) is 30.3 Å². The number of carbonyl (C=O) groups excluding carboxylic acids is 1. The zero-order chi connectivity index (χ0) is 20.2. The number of ether oxygens (including phenoxy) is 2. The van der Waals surface area contributed by atoms with Gasteiger partial charge in [0.2, 0.25) is 10.0 Å². The quantitative estimate of drug-likeness (QED) is 0.802. The molecule has 7 nitrogen and oxygen atoms in total. The summed E-state index contributed by atoms with van der Waals surface area (Å²) >= 11 is 0. The molecule has 0 spiro atoms. The van der Waals surface area contributed by atoms with E-state index in [-0.39, 0.29) is 23.7 Å². The number of hydrogen-bond donors (Lipinski definition) is 1. The highest BCUT2D eigenvalue weighted by Crippen LogP contribution is 2.29. The van der Waals surface area contributed by atoms with Gasteiger partial charge in [-0.3, -0.25) is 4.79 Å². The summed E-state index contributed by atoms with van der Waals surface area (Å²) < 4.78 is 62.4. The Morgan fingerprint density at radius 2 is 1.89 bits per heavy atom. The molecule has 10 heteroatoms. The Morgan fingerprint density at radius 1 is 1.19 bits per heavy atom. The normalized spacial score (nSPS) is 10.8. The van der Waals surface area contributed by atoms with Crippen molar-refractivity contribution in [3.8, 4) is 17.6 Å². The molecule has 0 heterocycles. The number of halogens is 2. The molecule has 2 aromatic rings. The van der Waals surface area contributed by atoms with Crippen LogP contribution in [0.5, 0.6) is 11.5 Å². The Kier molecular flexibility index (Phi) is 5.97. The number of rotatable bonds is 6. The highest BCUT2D eigenvalue weighted by molar-refractivity contribution is 7.89. The second kappa shape index (κ2) is 8.01. The van der Waals surface area contributed by atoms with E-state index in [0.717, 1.165) is 6.07 Å². The van der Waals surface area contributed by atoms with Gasteiger partial charge >= 0.3 is 0 Å². The van der Waals surface area contributed by atoms with E-state index < -0.39 is 33.1 Å². The Morgan fingerprint density at radius 3 is 2.48 bits per heavy atom. The van der Waals surface area contributed by atoms with Gasteiger partial charge in [-0.15, -0.1) is 0 Å². The highest BCUT2D eigenvalue weighted by Gasteiger charge is 2.19. The van der Waals surface area contributed by atoms with E-state index in [2.05, 4.69) is 0 Å². The van der Waals surface area contributed by atoms with Gasteiger partial charge in [-0.25, -0.2) is 21.9 Å². The van der Waals surface area contributed by atoms with E-state index in [0.29, 0.717) is 17.9 Å². The molecule has 27 heavy (non-hydrogen) atoms. The number of nitriles is 1. The second-order valence-electron chi connectivity index (χ2n) is 5.39. The van der Waals surface area contributed by atoms with E-state index in [1.165, 1.54) is 25.3 Å². The number of hydrogen-bond acceptors (Lipinski definition) is 6. The number of carbonyl (C=O) groups is 1. The Hall–Kier alpha value is -3.19. The van der Waals surface area contributed by atoms with Crippen LogP contribution in [-0.2, 0) is 16.6 Å². The lowest BCUT2D eigenvalue weighted by Crippen LogP contribution is -2.30. The SMILES string of the molecule is COc1cc(C#N)ccc1OCc1cc(F)c(C(=O)NS(C)(=O)=O)cc1F. The molecule has 0 unspecified atom stereocenters. The summed E-state index contributed by atoms with van der Waals surface area (Å²) in [7, 11) is -2.56. The molecule has 0 aliphatic heterocycles. The third kappa shape index (κ3) is 5.15. The number of benzene rings is 2. The molecule has 0 radical (unpaired) electrons. The van der Waals surface area contributed by atoms with Crippen molar-refractivity contribution in [3.63, 3.8) is 0 Å².